The molecular weight excluding hydrogens is 273 g/mol. The molecule has 0 amide bonds. The molecule has 1 unspecified atom stereocenters. The van der Waals surface area contributed by atoms with Gasteiger partial charge in [-0.1, -0.05) is 0 Å². The van der Waals surface area contributed by atoms with E-state index in [0.29, 0.717) is 5.76 Å². The van der Waals surface area contributed by atoms with Gasteiger partial charge in [0, 0.05) is 6.42 Å². The Hall–Kier alpha value is -1.95. The fourth-order valence-electron chi connectivity index (χ4n) is 1.65. The molecule has 0 fully saturated rings. The van der Waals surface area contributed by atoms with Crippen LogP contribution in [0.4, 0.5) is 13.2 Å². The molecule has 0 saturated carbocycles. The Kier molecular flexibility index (Phi) is 4.34. The molecule has 2 rings (SSSR count). The third kappa shape index (κ3) is 4.03. The molecule has 0 spiro atoms. The van der Waals surface area contributed by atoms with E-state index in [1.165, 1.54) is 18.4 Å². The van der Waals surface area contributed by atoms with Gasteiger partial charge in [-0.3, -0.25) is 0 Å². The second-order valence-electron chi connectivity index (χ2n) is 4.27. The Morgan fingerprint density at radius 2 is 1.85 bits per heavy atom. The number of rotatable bonds is 5. The van der Waals surface area contributed by atoms with Crippen LogP contribution < -0.4 is 4.74 Å². The Labute approximate surface area is 113 Å². The SMILES string of the molecule is OC(COc1ccc(C(F)(F)F)cc1)Cc1ccco1. The molecule has 0 aliphatic rings. The molecule has 0 radical (unpaired) electrons. The molecule has 1 aromatic heterocycles. The zero-order chi connectivity index (χ0) is 14.6. The smallest absolute Gasteiger partial charge is 0.416 e. The average molecular weight is 286 g/mol. The molecule has 1 N–H and O–H groups in total. The van der Waals surface area contributed by atoms with E-state index in [-0.39, 0.29) is 18.8 Å². The van der Waals surface area contributed by atoms with Crippen LogP contribution in [0, 0.1) is 0 Å². The summed E-state index contributed by atoms with van der Waals surface area (Å²) in [7, 11) is 0. The highest BCUT2D eigenvalue weighted by Gasteiger charge is 2.30. The molecule has 0 saturated heterocycles. The van der Waals surface area contributed by atoms with Gasteiger partial charge in [-0.05, 0) is 36.4 Å². The number of hydrogen-bond donors (Lipinski definition) is 1. The first-order chi connectivity index (χ1) is 9.45. The molecular formula is C14H13F3O3. The largest absolute Gasteiger partial charge is 0.491 e. The quantitative estimate of drug-likeness (QED) is 0.917. The average Bonchev–Trinajstić information content (AvgIpc) is 2.88. The molecule has 2 aromatic rings. The summed E-state index contributed by atoms with van der Waals surface area (Å²) in [6.45, 7) is -0.0218. The Morgan fingerprint density at radius 3 is 2.40 bits per heavy atom. The fraction of sp³-hybridized carbons (Fsp3) is 0.286. The normalized spacial score (nSPS) is 13.2. The van der Waals surface area contributed by atoms with Gasteiger partial charge in [0.25, 0.3) is 0 Å². The van der Waals surface area contributed by atoms with Gasteiger partial charge in [0.2, 0.25) is 0 Å². The van der Waals surface area contributed by atoms with Crippen molar-refractivity contribution < 1.29 is 27.4 Å². The number of aliphatic hydroxyl groups excluding tert-OH is 1. The van der Waals surface area contributed by atoms with Gasteiger partial charge in [-0.2, -0.15) is 13.2 Å². The topological polar surface area (TPSA) is 42.6 Å². The molecule has 3 nitrogen and oxygen atoms in total. The van der Waals surface area contributed by atoms with Crippen molar-refractivity contribution >= 4 is 0 Å². The molecule has 0 aliphatic heterocycles. The van der Waals surface area contributed by atoms with Crippen molar-refractivity contribution in [3.05, 3.63) is 54.0 Å². The minimum Gasteiger partial charge on any atom is -0.491 e. The molecule has 0 bridgehead atoms. The number of ether oxygens (including phenoxy) is 1. The number of furan rings is 1. The van der Waals surface area contributed by atoms with Gasteiger partial charge in [-0.15, -0.1) is 0 Å². The summed E-state index contributed by atoms with van der Waals surface area (Å²) >= 11 is 0. The van der Waals surface area contributed by atoms with Crippen LogP contribution in [0.5, 0.6) is 5.75 Å². The number of benzene rings is 1. The van der Waals surface area contributed by atoms with Crippen LogP contribution in [0.15, 0.2) is 47.1 Å². The third-order valence-electron chi connectivity index (χ3n) is 2.64. The van der Waals surface area contributed by atoms with Crippen molar-refractivity contribution in [1.29, 1.82) is 0 Å². The first kappa shape index (κ1) is 14.5. The highest BCUT2D eigenvalue weighted by molar-refractivity contribution is 5.28. The fourth-order valence-corrected chi connectivity index (χ4v) is 1.65. The summed E-state index contributed by atoms with van der Waals surface area (Å²) in [5.41, 5.74) is -0.735. The molecule has 1 atom stereocenters. The van der Waals surface area contributed by atoms with Gasteiger partial charge in [-0.25, -0.2) is 0 Å². The molecule has 108 valence electrons. The van der Waals surface area contributed by atoms with Gasteiger partial charge in [0.1, 0.15) is 18.1 Å². The summed E-state index contributed by atoms with van der Waals surface area (Å²) in [4.78, 5) is 0. The predicted octanol–water partition coefficient (Wildman–Crippen LogP) is 3.28. The zero-order valence-electron chi connectivity index (χ0n) is 10.4. The van der Waals surface area contributed by atoms with Crippen molar-refractivity contribution in [2.24, 2.45) is 0 Å². The number of alkyl halides is 3. The van der Waals surface area contributed by atoms with E-state index in [0.717, 1.165) is 12.1 Å². The third-order valence-corrected chi connectivity index (χ3v) is 2.64. The van der Waals surface area contributed by atoms with Crippen molar-refractivity contribution in [3.8, 4) is 5.75 Å². The van der Waals surface area contributed by atoms with Crippen LogP contribution in [-0.4, -0.2) is 17.8 Å². The molecule has 0 aliphatic carbocycles. The zero-order valence-corrected chi connectivity index (χ0v) is 10.4. The predicted molar refractivity (Wildman–Crippen MR) is 65.4 cm³/mol. The lowest BCUT2D eigenvalue weighted by atomic mass is 10.2. The maximum absolute atomic E-state index is 12.4. The van der Waals surface area contributed by atoms with Crippen molar-refractivity contribution in [1.82, 2.24) is 0 Å². The Balaban J connectivity index is 1.84. The van der Waals surface area contributed by atoms with Crippen LogP contribution >= 0.6 is 0 Å². The van der Waals surface area contributed by atoms with Gasteiger partial charge >= 0.3 is 6.18 Å². The monoisotopic (exact) mass is 286 g/mol. The lowest BCUT2D eigenvalue weighted by Gasteiger charge is -2.12. The number of halogens is 3. The summed E-state index contributed by atoms with van der Waals surface area (Å²) in [5.74, 6) is 0.894. The number of hydrogen-bond acceptors (Lipinski definition) is 3. The van der Waals surface area contributed by atoms with Crippen LogP contribution in [-0.2, 0) is 12.6 Å². The maximum Gasteiger partial charge on any atom is 0.416 e. The summed E-state index contributed by atoms with van der Waals surface area (Å²) in [6, 6.07) is 7.76. The summed E-state index contributed by atoms with van der Waals surface area (Å²) in [6.07, 6.45) is -3.37. The van der Waals surface area contributed by atoms with Gasteiger partial charge in [0.15, 0.2) is 0 Å². The van der Waals surface area contributed by atoms with Crippen LogP contribution in [0.3, 0.4) is 0 Å². The first-order valence-electron chi connectivity index (χ1n) is 5.95. The Bertz CT molecular complexity index is 518. The van der Waals surface area contributed by atoms with Crippen molar-refractivity contribution in [2.75, 3.05) is 6.61 Å². The second-order valence-corrected chi connectivity index (χ2v) is 4.27. The minimum absolute atomic E-state index is 0.0218. The van der Waals surface area contributed by atoms with Gasteiger partial charge < -0.3 is 14.3 Å². The molecule has 1 aromatic carbocycles. The van der Waals surface area contributed by atoms with E-state index >= 15 is 0 Å². The van der Waals surface area contributed by atoms with E-state index in [4.69, 9.17) is 9.15 Å². The highest BCUT2D eigenvalue weighted by Crippen LogP contribution is 2.30. The molecule has 1 heterocycles. The first-order valence-corrected chi connectivity index (χ1v) is 5.95. The standard InChI is InChI=1S/C14H13F3O3/c15-14(16,17)10-3-5-12(6-4-10)20-9-11(18)8-13-2-1-7-19-13/h1-7,11,18H,8-9H2. The van der Waals surface area contributed by atoms with Gasteiger partial charge in [0.05, 0.1) is 17.9 Å². The van der Waals surface area contributed by atoms with Crippen LogP contribution in [0.2, 0.25) is 0 Å². The Morgan fingerprint density at radius 1 is 1.15 bits per heavy atom. The molecule has 20 heavy (non-hydrogen) atoms. The van der Waals surface area contributed by atoms with E-state index in [2.05, 4.69) is 0 Å². The lowest BCUT2D eigenvalue weighted by Crippen LogP contribution is -2.19. The van der Waals surface area contributed by atoms with E-state index < -0.39 is 17.8 Å². The van der Waals surface area contributed by atoms with Crippen molar-refractivity contribution in [2.45, 2.75) is 18.7 Å². The van der Waals surface area contributed by atoms with Crippen molar-refractivity contribution in [3.63, 3.8) is 0 Å². The second kappa shape index (κ2) is 6.00. The van der Waals surface area contributed by atoms with E-state index in [9.17, 15) is 18.3 Å². The number of aliphatic hydroxyl groups is 1. The summed E-state index contributed by atoms with van der Waals surface area (Å²) in [5, 5.41) is 9.70. The van der Waals surface area contributed by atoms with E-state index in [1.807, 2.05) is 0 Å². The summed E-state index contributed by atoms with van der Waals surface area (Å²) < 4.78 is 47.4. The highest BCUT2D eigenvalue weighted by atomic mass is 19.4. The van der Waals surface area contributed by atoms with Crippen LogP contribution in [0.25, 0.3) is 0 Å². The lowest BCUT2D eigenvalue weighted by molar-refractivity contribution is -0.137. The van der Waals surface area contributed by atoms with E-state index in [1.54, 1.807) is 12.1 Å². The minimum atomic E-state index is -4.36. The van der Waals surface area contributed by atoms with Crippen LogP contribution in [0.1, 0.15) is 11.3 Å². The molecule has 6 heteroatoms. The maximum atomic E-state index is 12.4.